The highest BCUT2D eigenvalue weighted by Crippen LogP contribution is 2.48. The van der Waals surface area contributed by atoms with E-state index in [1.807, 2.05) is 34.7 Å². The summed E-state index contributed by atoms with van der Waals surface area (Å²) in [7, 11) is -3.45. The van der Waals surface area contributed by atoms with Crippen molar-refractivity contribution in [3.63, 3.8) is 0 Å². The zero-order valence-electron chi connectivity index (χ0n) is 13.9. The zero-order chi connectivity index (χ0) is 17.6. The third-order valence-corrected chi connectivity index (χ3v) is 8.29. The molecule has 130 valence electrons. The number of hydrogen-bond acceptors (Lipinski definition) is 4. The summed E-state index contributed by atoms with van der Waals surface area (Å²) >= 11 is 1.90. The van der Waals surface area contributed by atoms with Crippen molar-refractivity contribution in [2.75, 3.05) is 5.75 Å². The first kappa shape index (κ1) is 19.5. The maximum Gasteiger partial charge on any atom is 0.179 e. The molecule has 2 aliphatic rings. The molecule has 1 aliphatic carbocycles. The Kier molecular flexibility index (Phi) is 6.88. The number of sulfone groups is 1. The first-order chi connectivity index (χ1) is 11.5. The third kappa shape index (κ3) is 4.40. The van der Waals surface area contributed by atoms with Crippen LogP contribution in [0.1, 0.15) is 64.2 Å². The molecule has 2 rings (SSSR count). The summed E-state index contributed by atoms with van der Waals surface area (Å²) in [4.78, 5) is 0.184. The first-order valence-corrected chi connectivity index (χ1v) is 11.4. The van der Waals surface area contributed by atoms with E-state index in [0.717, 1.165) is 38.5 Å². The van der Waals surface area contributed by atoms with Crippen LogP contribution in [-0.4, -0.2) is 14.2 Å². The Labute approximate surface area is 158 Å². The molecule has 1 saturated carbocycles. The quantitative estimate of drug-likeness (QED) is 0.381. The van der Waals surface area contributed by atoms with Crippen LogP contribution in [0.2, 0.25) is 0 Å². The Morgan fingerprint density at radius 1 is 1.00 bits per heavy atom. The van der Waals surface area contributed by atoms with Gasteiger partial charge in [0.2, 0.25) is 0 Å². The van der Waals surface area contributed by atoms with Crippen LogP contribution in [0.4, 0.5) is 0 Å². The van der Waals surface area contributed by atoms with Gasteiger partial charge in [-0.1, -0.05) is 67.5 Å². The lowest BCUT2D eigenvalue weighted by molar-refractivity contribution is 0.243. The van der Waals surface area contributed by atoms with Gasteiger partial charge >= 0.3 is 0 Å². The highest BCUT2D eigenvalue weighted by molar-refractivity contribution is 14.1. The molecule has 0 atom stereocenters. The van der Waals surface area contributed by atoms with Crippen molar-refractivity contribution in [3.05, 3.63) is 20.1 Å². The topological polar surface area (TPSA) is 81.7 Å². The Hall–Kier alpha value is -0.860. The molecular formula is C18H23IN2O2S. The van der Waals surface area contributed by atoms with Crippen molar-refractivity contribution < 1.29 is 8.42 Å². The molecule has 1 aliphatic heterocycles. The van der Waals surface area contributed by atoms with Crippen LogP contribution in [0, 0.1) is 28.1 Å². The Balaban J connectivity index is 2.46. The number of halogens is 1. The molecule has 0 bridgehead atoms. The van der Waals surface area contributed by atoms with Gasteiger partial charge in [-0.05, 0) is 28.8 Å². The van der Waals surface area contributed by atoms with Crippen LogP contribution in [-0.2, 0) is 9.84 Å². The standard InChI is InChI=1S/C18H23IN2O2S/c19-11-17-16(15(12-20)13-21)10-18(14-24(17,22)23)8-6-4-2-1-3-5-7-9-18/h11H,1-10,14H2/b17-11-. The second-order valence-electron chi connectivity index (χ2n) is 6.96. The summed E-state index contributed by atoms with van der Waals surface area (Å²) in [5.74, 6) is 0.155. The first-order valence-electron chi connectivity index (χ1n) is 8.55. The monoisotopic (exact) mass is 458 g/mol. The van der Waals surface area contributed by atoms with Gasteiger partial charge in [0.1, 0.15) is 17.7 Å². The molecule has 2 fully saturated rings. The lowest BCUT2D eigenvalue weighted by Crippen LogP contribution is -2.37. The fourth-order valence-corrected chi connectivity index (χ4v) is 7.59. The van der Waals surface area contributed by atoms with Gasteiger partial charge in [0, 0.05) is 5.57 Å². The molecular weight excluding hydrogens is 435 g/mol. The van der Waals surface area contributed by atoms with Gasteiger partial charge in [-0.2, -0.15) is 10.5 Å². The highest BCUT2D eigenvalue weighted by atomic mass is 127. The lowest BCUT2D eigenvalue weighted by atomic mass is 9.73. The molecule has 0 radical (unpaired) electrons. The molecule has 0 aromatic heterocycles. The minimum Gasteiger partial charge on any atom is -0.224 e. The van der Waals surface area contributed by atoms with Gasteiger partial charge in [-0.15, -0.1) is 0 Å². The van der Waals surface area contributed by atoms with E-state index in [4.69, 9.17) is 0 Å². The molecule has 1 saturated heterocycles. The number of allylic oxidation sites excluding steroid dienone is 2. The summed E-state index contributed by atoms with van der Waals surface area (Å²) in [5, 5.41) is 18.6. The summed E-state index contributed by atoms with van der Waals surface area (Å²) < 4.78 is 27.2. The SMILES string of the molecule is N#CC(C#N)=C1CC2(CCCCCCCCC2)CS(=O)(=O)/C1=C\I. The van der Waals surface area contributed by atoms with E-state index in [1.54, 1.807) is 0 Å². The van der Waals surface area contributed by atoms with Gasteiger partial charge in [-0.3, -0.25) is 0 Å². The van der Waals surface area contributed by atoms with Crippen molar-refractivity contribution >= 4 is 32.4 Å². The fourth-order valence-electron chi connectivity index (χ4n) is 4.02. The van der Waals surface area contributed by atoms with Gasteiger partial charge < -0.3 is 0 Å². The maximum atomic E-state index is 12.9. The molecule has 0 unspecified atom stereocenters. The van der Waals surface area contributed by atoms with Gasteiger partial charge in [0.15, 0.2) is 9.84 Å². The highest BCUT2D eigenvalue weighted by Gasteiger charge is 2.44. The number of rotatable bonds is 0. The number of hydrogen-bond donors (Lipinski definition) is 0. The molecule has 0 amide bonds. The van der Waals surface area contributed by atoms with Crippen LogP contribution in [0.5, 0.6) is 0 Å². The van der Waals surface area contributed by atoms with Crippen LogP contribution in [0.25, 0.3) is 0 Å². The van der Waals surface area contributed by atoms with Crippen LogP contribution < -0.4 is 0 Å². The Bertz CT molecular complexity index is 697. The molecule has 1 spiro atoms. The Morgan fingerprint density at radius 3 is 1.96 bits per heavy atom. The van der Waals surface area contributed by atoms with Crippen molar-refractivity contribution in [2.45, 2.75) is 64.2 Å². The van der Waals surface area contributed by atoms with E-state index in [1.165, 1.54) is 23.3 Å². The van der Waals surface area contributed by atoms with E-state index in [2.05, 4.69) is 0 Å². The average Bonchev–Trinajstić information content (AvgIpc) is 2.54. The predicted octanol–water partition coefficient (Wildman–Crippen LogP) is 4.94. The smallest absolute Gasteiger partial charge is 0.179 e. The van der Waals surface area contributed by atoms with Crippen molar-refractivity contribution in [3.8, 4) is 12.1 Å². The minimum absolute atomic E-state index is 0.0438. The van der Waals surface area contributed by atoms with Crippen molar-refractivity contribution in [2.24, 2.45) is 5.41 Å². The normalized spacial score (nSPS) is 25.6. The summed E-state index contributed by atoms with van der Waals surface area (Å²) in [6, 6.07) is 3.81. The number of nitriles is 2. The van der Waals surface area contributed by atoms with E-state index in [9.17, 15) is 18.9 Å². The minimum atomic E-state index is -3.45. The van der Waals surface area contributed by atoms with Crippen LogP contribution >= 0.6 is 22.6 Å². The van der Waals surface area contributed by atoms with E-state index in [0.29, 0.717) is 12.0 Å². The molecule has 6 heteroatoms. The third-order valence-electron chi connectivity index (χ3n) is 5.22. The van der Waals surface area contributed by atoms with E-state index >= 15 is 0 Å². The summed E-state index contributed by atoms with van der Waals surface area (Å²) in [6.45, 7) is 0. The summed E-state index contributed by atoms with van der Waals surface area (Å²) in [5.41, 5.74) is 0.0866. The predicted molar refractivity (Wildman–Crippen MR) is 103 cm³/mol. The second-order valence-corrected chi connectivity index (χ2v) is 9.54. The van der Waals surface area contributed by atoms with Crippen molar-refractivity contribution in [1.82, 2.24) is 0 Å². The molecule has 4 nitrogen and oxygen atoms in total. The van der Waals surface area contributed by atoms with Crippen LogP contribution in [0.3, 0.4) is 0 Å². The zero-order valence-corrected chi connectivity index (χ0v) is 16.8. The lowest BCUT2D eigenvalue weighted by Gasteiger charge is -2.39. The van der Waals surface area contributed by atoms with E-state index < -0.39 is 9.84 Å². The second kappa shape index (κ2) is 8.49. The van der Waals surface area contributed by atoms with Gasteiger partial charge in [0.05, 0.1) is 10.7 Å². The van der Waals surface area contributed by atoms with Gasteiger partial charge in [-0.25, -0.2) is 8.42 Å². The molecule has 1 heterocycles. The van der Waals surface area contributed by atoms with Crippen LogP contribution in [0.15, 0.2) is 20.1 Å². The molecule has 24 heavy (non-hydrogen) atoms. The van der Waals surface area contributed by atoms with E-state index in [-0.39, 0.29) is 21.6 Å². The number of nitrogens with zero attached hydrogens (tertiary/aromatic N) is 2. The summed E-state index contributed by atoms with van der Waals surface area (Å²) in [6.07, 6.45) is 10.3. The Morgan fingerprint density at radius 2 is 1.50 bits per heavy atom. The van der Waals surface area contributed by atoms with Crippen molar-refractivity contribution in [1.29, 1.82) is 10.5 Å². The largest absolute Gasteiger partial charge is 0.224 e. The average molecular weight is 458 g/mol. The molecule has 0 aromatic carbocycles. The molecule has 0 N–H and O–H groups in total. The fraction of sp³-hybridized carbons (Fsp3) is 0.667. The maximum absolute atomic E-state index is 12.9. The molecule has 0 aromatic rings. The van der Waals surface area contributed by atoms with Gasteiger partial charge in [0.25, 0.3) is 0 Å².